The minimum absolute atomic E-state index is 0.0185. The summed E-state index contributed by atoms with van der Waals surface area (Å²) in [6.07, 6.45) is 1.85. The van der Waals surface area contributed by atoms with Gasteiger partial charge in [0.15, 0.2) is 0 Å². The summed E-state index contributed by atoms with van der Waals surface area (Å²) >= 11 is 0. The van der Waals surface area contributed by atoms with Crippen LogP contribution >= 0.6 is 0 Å². The molecule has 0 saturated carbocycles. The highest BCUT2D eigenvalue weighted by Crippen LogP contribution is 2.25. The molecule has 0 unspecified atom stereocenters. The number of nitrogens with zero attached hydrogens (tertiary/aromatic N) is 2. The van der Waals surface area contributed by atoms with Crippen LogP contribution in [0.1, 0.15) is 19.4 Å². The Labute approximate surface area is 81.1 Å². The smallest absolute Gasteiger partial charge is 0.345 e. The maximum Gasteiger partial charge on any atom is 0.345 e. The Morgan fingerprint density at radius 3 is 2.86 bits per heavy atom. The number of nitro groups is 1. The van der Waals surface area contributed by atoms with E-state index in [1.807, 2.05) is 13.8 Å². The first-order valence-corrected chi connectivity index (χ1v) is 4.24. The van der Waals surface area contributed by atoms with Crippen LogP contribution < -0.4 is 0 Å². The van der Waals surface area contributed by atoms with Crippen molar-refractivity contribution in [1.82, 2.24) is 10.2 Å². The fourth-order valence-electron chi connectivity index (χ4n) is 1.16. The van der Waals surface area contributed by atoms with Gasteiger partial charge in [-0.2, -0.15) is 0 Å². The number of H-pyrrole nitrogens is 1. The highest BCUT2D eigenvalue weighted by atomic mass is 16.6. The van der Waals surface area contributed by atoms with E-state index < -0.39 is 4.92 Å². The summed E-state index contributed by atoms with van der Waals surface area (Å²) in [6.45, 7) is 3.66. The minimum Gasteiger partial charge on any atom is -0.396 e. The molecule has 1 aromatic heterocycles. The van der Waals surface area contributed by atoms with E-state index in [1.54, 1.807) is 0 Å². The highest BCUT2D eigenvalue weighted by molar-refractivity contribution is 5.30. The lowest BCUT2D eigenvalue weighted by Crippen LogP contribution is -2.19. The summed E-state index contributed by atoms with van der Waals surface area (Å²) in [5, 5.41) is 25.5. The van der Waals surface area contributed by atoms with Crippen molar-refractivity contribution in [2.75, 3.05) is 6.61 Å². The molecule has 0 bridgehead atoms. The molecule has 14 heavy (non-hydrogen) atoms. The van der Waals surface area contributed by atoms with Gasteiger partial charge < -0.3 is 15.2 Å². The lowest BCUT2D eigenvalue weighted by atomic mass is 9.87. The van der Waals surface area contributed by atoms with Crippen LogP contribution in [-0.4, -0.2) is 26.8 Å². The van der Waals surface area contributed by atoms with Crippen LogP contribution in [0.5, 0.6) is 0 Å². The van der Waals surface area contributed by atoms with E-state index in [4.69, 9.17) is 5.11 Å². The van der Waals surface area contributed by atoms with E-state index in [1.165, 1.54) is 6.20 Å². The molecule has 0 fully saturated rings. The van der Waals surface area contributed by atoms with Crippen LogP contribution in [0.15, 0.2) is 6.20 Å². The summed E-state index contributed by atoms with van der Waals surface area (Å²) < 4.78 is 0. The average molecular weight is 199 g/mol. The van der Waals surface area contributed by atoms with Crippen molar-refractivity contribution < 1.29 is 10.0 Å². The molecule has 0 atom stereocenters. The van der Waals surface area contributed by atoms with Gasteiger partial charge in [-0.3, -0.25) is 0 Å². The zero-order chi connectivity index (χ0) is 10.8. The van der Waals surface area contributed by atoms with Crippen molar-refractivity contribution in [3.8, 4) is 0 Å². The van der Waals surface area contributed by atoms with Crippen LogP contribution in [-0.2, 0) is 6.42 Å². The molecule has 1 rings (SSSR count). The fourth-order valence-corrected chi connectivity index (χ4v) is 1.16. The molecular formula is C8H13N3O3. The Hall–Kier alpha value is -1.43. The number of nitrogens with one attached hydrogen (secondary N) is 1. The SMILES string of the molecule is CC(C)(CO)Cc1cn[nH]c1[N+](=O)[O-]. The van der Waals surface area contributed by atoms with Gasteiger partial charge in [0.1, 0.15) is 0 Å². The molecule has 0 spiro atoms. The predicted octanol–water partition coefficient (Wildman–Crippen LogP) is 0.879. The van der Waals surface area contributed by atoms with E-state index in [-0.39, 0.29) is 17.8 Å². The summed E-state index contributed by atoms with van der Waals surface area (Å²) in [5.41, 5.74) is 0.156. The second-order valence-electron chi connectivity index (χ2n) is 4.00. The van der Waals surface area contributed by atoms with Crippen molar-refractivity contribution in [3.63, 3.8) is 0 Å². The molecule has 0 saturated heterocycles. The molecule has 0 aliphatic rings. The van der Waals surface area contributed by atoms with Gasteiger partial charge >= 0.3 is 5.82 Å². The molecule has 0 aliphatic heterocycles. The van der Waals surface area contributed by atoms with Gasteiger partial charge in [0.05, 0.1) is 11.8 Å². The molecule has 2 N–H and O–H groups in total. The monoisotopic (exact) mass is 199 g/mol. The van der Waals surface area contributed by atoms with E-state index >= 15 is 0 Å². The normalized spacial score (nSPS) is 11.6. The van der Waals surface area contributed by atoms with Gasteiger partial charge in [0.25, 0.3) is 0 Å². The first kappa shape index (κ1) is 10.6. The zero-order valence-corrected chi connectivity index (χ0v) is 8.15. The Morgan fingerprint density at radius 1 is 1.71 bits per heavy atom. The number of aliphatic hydroxyl groups is 1. The van der Waals surface area contributed by atoms with E-state index in [0.717, 1.165) is 0 Å². The molecule has 0 aromatic carbocycles. The quantitative estimate of drug-likeness (QED) is 0.556. The zero-order valence-electron chi connectivity index (χ0n) is 8.15. The van der Waals surface area contributed by atoms with Crippen LogP contribution in [0.4, 0.5) is 5.82 Å². The van der Waals surface area contributed by atoms with E-state index in [2.05, 4.69) is 10.2 Å². The van der Waals surface area contributed by atoms with Gasteiger partial charge in [-0.15, -0.1) is 5.10 Å². The van der Waals surface area contributed by atoms with Gasteiger partial charge in [-0.1, -0.05) is 18.9 Å². The molecule has 6 heteroatoms. The molecular weight excluding hydrogens is 186 g/mol. The first-order valence-electron chi connectivity index (χ1n) is 4.24. The third-order valence-corrected chi connectivity index (χ3v) is 1.97. The molecule has 0 radical (unpaired) electrons. The van der Waals surface area contributed by atoms with E-state index in [0.29, 0.717) is 12.0 Å². The fraction of sp³-hybridized carbons (Fsp3) is 0.625. The van der Waals surface area contributed by atoms with Crippen LogP contribution in [0.2, 0.25) is 0 Å². The molecule has 1 aromatic rings. The van der Waals surface area contributed by atoms with Crippen LogP contribution in [0.25, 0.3) is 0 Å². The van der Waals surface area contributed by atoms with Crippen LogP contribution in [0, 0.1) is 15.5 Å². The van der Waals surface area contributed by atoms with Gasteiger partial charge in [0, 0.05) is 6.61 Å². The molecule has 0 amide bonds. The van der Waals surface area contributed by atoms with Crippen molar-refractivity contribution >= 4 is 5.82 Å². The number of hydrogen-bond acceptors (Lipinski definition) is 4. The predicted molar refractivity (Wildman–Crippen MR) is 49.8 cm³/mol. The Balaban J connectivity index is 2.86. The number of hydrogen-bond donors (Lipinski definition) is 2. The standard InChI is InChI=1S/C8H13N3O3/c1-8(2,5-12)3-6-4-9-10-7(6)11(13)14/h4,12H,3,5H2,1-2H3,(H,9,10). The molecule has 78 valence electrons. The second-order valence-corrected chi connectivity index (χ2v) is 4.00. The van der Waals surface area contributed by atoms with Gasteiger partial charge in [-0.05, 0) is 16.8 Å². The van der Waals surface area contributed by atoms with Crippen molar-refractivity contribution in [2.45, 2.75) is 20.3 Å². The lowest BCUT2D eigenvalue weighted by Gasteiger charge is -2.19. The Bertz CT molecular complexity index is 332. The third-order valence-electron chi connectivity index (χ3n) is 1.97. The maximum absolute atomic E-state index is 10.5. The summed E-state index contributed by atoms with van der Waals surface area (Å²) in [5.74, 6) is -0.0912. The Morgan fingerprint density at radius 2 is 2.36 bits per heavy atom. The largest absolute Gasteiger partial charge is 0.396 e. The van der Waals surface area contributed by atoms with Crippen molar-refractivity contribution in [1.29, 1.82) is 0 Å². The average Bonchev–Trinajstić information content (AvgIpc) is 2.51. The summed E-state index contributed by atoms with van der Waals surface area (Å²) in [7, 11) is 0. The maximum atomic E-state index is 10.5. The number of aromatic amines is 1. The van der Waals surface area contributed by atoms with Crippen molar-refractivity contribution in [2.24, 2.45) is 5.41 Å². The topological polar surface area (TPSA) is 92.1 Å². The summed E-state index contributed by atoms with van der Waals surface area (Å²) in [4.78, 5) is 10.0. The molecule has 1 heterocycles. The Kier molecular flexibility index (Phi) is 2.85. The highest BCUT2D eigenvalue weighted by Gasteiger charge is 2.24. The molecule has 0 aliphatic carbocycles. The number of aromatic nitrogens is 2. The summed E-state index contributed by atoms with van der Waals surface area (Å²) in [6, 6.07) is 0. The first-order chi connectivity index (χ1) is 6.46. The third kappa shape index (κ3) is 2.29. The minimum atomic E-state index is -0.504. The van der Waals surface area contributed by atoms with Gasteiger partial charge in [-0.25, -0.2) is 0 Å². The van der Waals surface area contributed by atoms with Crippen molar-refractivity contribution in [3.05, 3.63) is 21.9 Å². The molecule has 6 nitrogen and oxygen atoms in total. The van der Waals surface area contributed by atoms with Crippen LogP contribution in [0.3, 0.4) is 0 Å². The number of rotatable bonds is 4. The van der Waals surface area contributed by atoms with Gasteiger partial charge in [0.2, 0.25) is 0 Å². The second kappa shape index (κ2) is 3.75. The van der Waals surface area contributed by atoms with E-state index in [9.17, 15) is 10.1 Å². The lowest BCUT2D eigenvalue weighted by molar-refractivity contribution is -0.390. The number of aliphatic hydroxyl groups excluding tert-OH is 1.